The van der Waals surface area contributed by atoms with Crippen LogP contribution in [0.5, 0.6) is 5.75 Å². The summed E-state index contributed by atoms with van der Waals surface area (Å²) in [7, 11) is 2.64. The molecule has 0 radical (unpaired) electrons. The Kier molecular flexibility index (Phi) is 7.07. The van der Waals surface area contributed by atoms with E-state index in [1.165, 1.54) is 20.3 Å². The number of methoxy groups -OCH3 is 2. The molecule has 8 nitrogen and oxygen atoms in total. The van der Waals surface area contributed by atoms with Crippen LogP contribution in [0.2, 0.25) is 0 Å². The summed E-state index contributed by atoms with van der Waals surface area (Å²) >= 11 is 0. The maximum Gasteiger partial charge on any atom is 0.416 e. The number of carbonyl (C=O) groups excluding carboxylic acids is 2. The van der Waals surface area contributed by atoms with E-state index in [1.807, 2.05) is 0 Å². The number of hydrogen-bond donors (Lipinski definition) is 2. The quantitative estimate of drug-likeness (QED) is 0.554. The largest absolute Gasteiger partial charge is 0.496 e. The number of aliphatic imine (C=N–C) groups is 1. The van der Waals surface area contributed by atoms with Gasteiger partial charge in [-0.1, -0.05) is 0 Å². The van der Waals surface area contributed by atoms with Crippen LogP contribution >= 0.6 is 0 Å². The lowest BCUT2D eigenvalue weighted by Crippen LogP contribution is -2.40. The van der Waals surface area contributed by atoms with Gasteiger partial charge in [-0.15, -0.1) is 0 Å². The highest BCUT2D eigenvalue weighted by atomic mass is 19.4. The van der Waals surface area contributed by atoms with E-state index in [1.54, 1.807) is 4.90 Å². The van der Waals surface area contributed by atoms with E-state index < -0.39 is 29.5 Å². The van der Waals surface area contributed by atoms with Gasteiger partial charge in [-0.05, 0) is 36.5 Å². The number of halogens is 3. The monoisotopic (exact) mass is 416 g/mol. The second-order valence-corrected chi connectivity index (χ2v) is 6.57. The molecule has 0 atom stereocenters. The van der Waals surface area contributed by atoms with Crippen molar-refractivity contribution in [3.05, 3.63) is 28.8 Å². The number of hydrogen-bond acceptors (Lipinski definition) is 4. The Morgan fingerprint density at radius 3 is 2.31 bits per heavy atom. The zero-order valence-corrected chi connectivity index (χ0v) is 16.1. The summed E-state index contributed by atoms with van der Waals surface area (Å²) in [5, 5.41) is 0. The van der Waals surface area contributed by atoms with Crippen molar-refractivity contribution in [3.8, 4) is 5.75 Å². The van der Waals surface area contributed by atoms with Gasteiger partial charge in [0.2, 0.25) is 5.91 Å². The Morgan fingerprint density at radius 2 is 1.83 bits per heavy atom. The van der Waals surface area contributed by atoms with Crippen LogP contribution in [-0.4, -0.2) is 56.6 Å². The van der Waals surface area contributed by atoms with Gasteiger partial charge in [0, 0.05) is 20.2 Å². The van der Waals surface area contributed by atoms with Gasteiger partial charge >= 0.3 is 6.18 Å². The molecule has 0 saturated carbocycles. The van der Waals surface area contributed by atoms with Crippen molar-refractivity contribution in [2.75, 3.05) is 33.9 Å². The molecule has 0 bridgehead atoms. The molecule has 1 aliphatic heterocycles. The van der Waals surface area contributed by atoms with Gasteiger partial charge in [-0.2, -0.15) is 18.2 Å². The topological polar surface area (TPSA) is 120 Å². The van der Waals surface area contributed by atoms with Crippen molar-refractivity contribution in [3.63, 3.8) is 0 Å². The van der Waals surface area contributed by atoms with Gasteiger partial charge in [0.1, 0.15) is 12.4 Å². The molecule has 160 valence electrons. The normalized spacial score (nSPS) is 15.1. The molecule has 29 heavy (non-hydrogen) atoms. The highest BCUT2D eigenvalue weighted by Crippen LogP contribution is 2.42. The minimum Gasteiger partial charge on any atom is -0.496 e. The Bertz CT molecular complexity index is 799. The molecule has 2 amide bonds. The number of likely N-dealkylation sites (tertiary alicyclic amines) is 1. The fraction of sp³-hybridized carbons (Fsp3) is 0.500. The summed E-state index contributed by atoms with van der Waals surface area (Å²) in [5.74, 6) is -2.32. The second-order valence-electron chi connectivity index (χ2n) is 6.57. The van der Waals surface area contributed by atoms with Gasteiger partial charge < -0.3 is 25.8 Å². The van der Waals surface area contributed by atoms with Gasteiger partial charge in [0.15, 0.2) is 5.96 Å². The number of ether oxygens (including phenoxy) is 2. The van der Waals surface area contributed by atoms with Crippen LogP contribution in [0, 0.1) is 0 Å². The molecular weight excluding hydrogens is 393 g/mol. The second kappa shape index (κ2) is 9.12. The van der Waals surface area contributed by atoms with Crippen LogP contribution in [0.25, 0.3) is 0 Å². The number of carbonyl (C=O) groups is 2. The van der Waals surface area contributed by atoms with Crippen molar-refractivity contribution in [1.29, 1.82) is 0 Å². The highest BCUT2D eigenvalue weighted by Gasteiger charge is 2.38. The van der Waals surface area contributed by atoms with Gasteiger partial charge in [0.25, 0.3) is 5.91 Å². The average molecular weight is 416 g/mol. The Balaban J connectivity index is 2.41. The van der Waals surface area contributed by atoms with Crippen LogP contribution in [0.15, 0.2) is 17.1 Å². The number of alkyl halides is 3. The van der Waals surface area contributed by atoms with E-state index in [-0.39, 0.29) is 29.4 Å². The van der Waals surface area contributed by atoms with Crippen LogP contribution in [0.3, 0.4) is 0 Å². The summed E-state index contributed by atoms with van der Waals surface area (Å²) in [6.07, 6.45) is -4.02. The fourth-order valence-corrected chi connectivity index (χ4v) is 3.35. The van der Waals surface area contributed by atoms with E-state index in [2.05, 4.69) is 4.99 Å². The third kappa shape index (κ3) is 5.37. The number of piperidine rings is 1. The Morgan fingerprint density at radius 1 is 1.21 bits per heavy atom. The SMILES string of the molecule is COCC(=O)N1CCC(c2cc(OC)c(C(=O)N=C(N)N)cc2C(F)(F)F)CC1. The number of benzene rings is 1. The van der Waals surface area contributed by atoms with Crippen molar-refractivity contribution in [1.82, 2.24) is 4.90 Å². The smallest absolute Gasteiger partial charge is 0.416 e. The number of nitrogens with zero attached hydrogens (tertiary/aromatic N) is 2. The molecule has 4 N–H and O–H groups in total. The third-order valence-corrected chi connectivity index (χ3v) is 4.69. The summed E-state index contributed by atoms with van der Waals surface area (Å²) < 4.78 is 51.1. The summed E-state index contributed by atoms with van der Waals surface area (Å²) in [4.78, 5) is 28.9. The molecule has 1 saturated heterocycles. The summed E-state index contributed by atoms with van der Waals surface area (Å²) in [5.41, 5.74) is 8.98. The standard InChI is InChI=1S/C18H23F3N4O4/c1-28-9-15(26)25-5-3-10(4-6-25)11-8-14(29-2)12(16(27)24-17(22)23)7-13(11)18(19,20)21/h7-8,10H,3-6,9H2,1-2H3,(H4,22,23,24,27). The van der Waals surface area contributed by atoms with Crippen molar-refractivity contribution in [2.24, 2.45) is 16.5 Å². The van der Waals surface area contributed by atoms with Gasteiger partial charge in [0.05, 0.1) is 18.2 Å². The summed E-state index contributed by atoms with van der Waals surface area (Å²) in [6, 6.07) is 1.92. The first-order chi connectivity index (χ1) is 13.6. The molecule has 0 aliphatic carbocycles. The molecule has 0 spiro atoms. The van der Waals surface area contributed by atoms with Crippen molar-refractivity contribution in [2.45, 2.75) is 24.9 Å². The fourth-order valence-electron chi connectivity index (χ4n) is 3.35. The van der Waals surface area contributed by atoms with Crippen LogP contribution in [0.4, 0.5) is 13.2 Å². The zero-order valence-electron chi connectivity index (χ0n) is 16.1. The highest BCUT2D eigenvalue weighted by molar-refractivity contribution is 6.04. The van der Waals surface area contributed by atoms with Crippen LogP contribution in [-0.2, 0) is 15.7 Å². The van der Waals surface area contributed by atoms with Crippen LogP contribution in [0.1, 0.15) is 40.2 Å². The number of nitrogens with two attached hydrogens (primary N) is 2. The van der Waals surface area contributed by atoms with Crippen molar-refractivity contribution < 1.29 is 32.2 Å². The lowest BCUT2D eigenvalue weighted by Gasteiger charge is -2.33. The van der Waals surface area contributed by atoms with E-state index >= 15 is 0 Å². The molecule has 1 heterocycles. The maximum absolute atomic E-state index is 13.7. The molecule has 2 rings (SSSR count). The molecule has 1 aliphatic rings. The molecule has 0 unspecified atom stereocenters. The van der Waals surface area contributed by atoms with Crippen LogP contribution < -0.4 is 16.2 Å². The Labute approximate surface area is 165 Å². The minimum absolute atomic E-state index is 0.00874. The van der Waals surface area contributed by atoms with Crippen molar-refractivity contribution >= 4 is 17.8 Å². The predicted molar refractivity (Wildman–Crippen MR) is 98.6 cm³/mol. The Hall–Kier alpha value is -2.82. The van der Waals surface area contributed by atoms with Gasteiger partial charge in [-0.25, -0.2) is 0 Å². The summed E-state index contributed by atoms with van der Waals surface area (Å²) in [6.45, 7) is 0.538. The van der Waals surface area contributed by atoms with Gasteiger partial charge in [-0.3, -0.25) is 9.59 Å². The first-order valence-electron chi connectivity index (χ1n) is 8.78. The number of guanidine groups is 1. The lowest BCUT2D eigenvalue weighted by molar-refractivity contribution is -0.139. The number of rotatable bonds is 5. The molecule has 1 fully saturated rings. The van der Waals surface area contributed by atoms with E-state index in [0.717, 1.165) is 0 Å². The zero-order chi connectivity index (χ0) is 21.8. The van der Waals surface area contributed by atoms with E-state index in [0.29, 0.717) is 32.0 Å². The molecule has 1 aromatic carbocycles. The van der Waals surface area contributed by atoms with E-state index in [4.69, 9.17) is 20.9 Å². The minimum atomic E-state index is -4.70. The average Bonchev–Trinajstić information content (AvgIpc) is 2.66. The molecule has 0 aromatic heterocycles. The molecule has 1 aromatic rings. The predicted octanol–water partition coefficient (Wildman–Crippen LogP) is 1.48. The molecule has 11 heteroatoms. The maximum atomic E-state index is 13.7. The first kappa shape index (κ1) is 22.5. The molecular formula is C18H23F3N4O4. The third-order valence-electron chi connectivity index (χ3n) is 4.69. The first-order valence-corrected chi connectivity index (χ1v) is 8.78. The number of amides is 2. The lowest BCUT2D eigenvalue weighted by atomic mass is 9.85. The van der Waals surface area contributed by atoms with E-state index in [9.17, 15) is 22.8 Å².